The Morgan fingerprint density at radius 2 is 2.50 bits per heavy atom. The zero-order chi connectivity index (χ0) is 10.2. The van der Waals surface area contributed by atoms with E-state index in [9.17, 15) is 0 Å². The van der Waals surface area contributed by atoms with E-state index in [1.807, 2.05) is 11.7 Å². The summed E-state index contributed by atoms with van der Waals surface area (Å²) in [6.45, 7) is 3.19. The van der Waals surface area contributed by atoms with Crippen LogP contribution in [0.5, 0.6) is 0 Å². The molecule has 1 heterocycles. The Morgan fingerprint density at radius 3 is 3.14 bits per heavy atom. The number of nitrogens with one attached hydrogen (secondary N) is 1. The van der Waals surface area contributed by atoms with Gasteiger partial charge in [-0.2, -0.15) is 0 Å². The van der Waals surface area contributed by atoms with E-state index in [0.29, 0.717) is 6.04 Å². The number of unbranched alkanes of at least 4 members (excludes halogenated alkanes) is 2. The summed E-state index contributed by atoms with van der Waals surface area (Å²) in [6, 6.07) is 0.410. The van der Waals surface area contributed by atoms with Crippen LogP contribution in [-0.4, -0.2) is 11.5 Å². The molecular weight excluding hydrogens is 192 g/mol. The molecule has 1 rings (SSSR count). The van der Waals surface area contributed by atoms with Crippen LogP contribution < -0.4 is 5.32 Å². The summed E-state index contributed by atoms with van der Waals surface area (Å²) in [7, 11) is 0. The van der Waals surface area contributed by atoms with Crippen LogP contribution in [0.2, 0.25) is 0 Å². The first kappa shape index (κ1) is 11.2. The third-order valence-corrected chi connectivity index (χ3v) is 3.03. The largest absolute Gasteiger partial charge is 0.309 e. The molecule has 0 fully saturated rings. The van der Waals surface area contributed by atoms with Crippen LogP contribution in [0.15, 0.2) is 11.7 Å². The van der Waals surface area contributed by atoms with E-state index in [4.69, 9.17) is 6.42 Å². The Balaban J connectivity index is 2.10. The van der Waals surface area contributed by atoms with Crippen molar-refractivity contribution in [1.29, 1.82) is 0 Å². The highest BCUT2D eigenvalue weighted by Gasteiger charge is 2.04. The molecule has 1 aromatic rings. The lowest BCUT2D eigenvalue weighted by molar-refractivity contribution is 0.555. The van der Waals surface area contributed by atoms with Crippen LogP contribution in [0, 0.1) is 12.3 Å². The second-order valence-electron chi connectivity index (χ2n) is 3.24. The summed E-state index contributed by atoms with van der Waals surface area (Å²) in [5.41, 5.74) is 1.87. The maximum absolute atomic E-state index is 5.17. The van der Waals surface area contributed by atoms with Crippen LogP contribution in [0.4, 0.5) is 0 Å². The second-order valence-corrected chi connectivity index (χ2v) is 4.16. The van der Waals surface area contributed by atoms with Crippen LogP contribution in [0.3, 0.4) is 0 Å². The molecule has 0 radical (unpaired) electrons. The summed E-state index contributed by atoms with van der Waals surface area (Å²) < 4.78 is 0. The maximum Gasteiger partial charge on any atom is 0.0794 e. The summed E-state index contributed by atoms with van der Waals surface area (Å²) in [4.78, 5) is 5.35. The fourth-order valence-corrected chi connectivity index (χ4v) is 1.86. The Hall–Kier alpha value is -0.850. The predicted octanol–water partition coefficient (Wildman–Crippen LogP) is 2.60. The third-order valence-electron chi connectivity index (χ3n) is 2.08. The molecule has 0 amide bonds. The summed E-state index contributed by atoms with van der Waals surface area (Å²) in [5, 5.41) is 3.45. The number of nitrogens with zero attached hydrogens (tertiary/aromatic N) is 1. The zero-order valence-electron chi connectivity index (χ0n) is 8.49. The van der Waals surface area contributed by atoms with Crippen molar-refractivity contribution in [2.24, 2.45) is 0 Å². The van der Waals surface area contributed by atoms with Gasteiger partial charge in [0.25, 0.3) is 0 Å². The second kappa shape index (κ2) is 6.58. The first-order chi connectivity index (χ1) is 6.84. The highest BCUT2D eigenvalue weighted by molar-refractivity contribution is 7.09. The molecule has 1 aromatic heterocycles. The molecule has 0 aliphatic heterocycles. The predicted molar refractivity (Wildman–Crippen MR) is 61.2 cm³/mol. The molecule has 0 saturated heterocycles. The normalized spacial score (nSPS) is 12.3. The van der Waals surface area contributed by atoms with Crippen molar-refractivity contribution >= 4 is 11.3 Å². The Labute approximate surface area is 89.8 Å². The smallest absolute Gasteiger partial charge is 0.0794 e. The summed E-state index contributed by atoms with van der Waals surface area (Å²) >= 11 is 1.69. The fraction of sp³-hybridized carbons (Fsp3) is 0.545. The molecule has 0 aliphatic carbocycles. The first-order valence-electron chi connectivity index (χ1n) is 4.90. The van der Waals surface area contributed by atoms with Crippen LogP contribution >= 0.6 is 11.3 Å². The van der Waals surface area contributed by atoms with Gasteiger partial charge in [0.15, 0.2) is 0 Å². The van der Waals surface area contributed by atoms with Gasteiger partial charge in [0.05, 0.1) is 5.51 Å². The van der Waals surface area contributed by atoms with Crippen molar-refractivity contribution in [3.63, 3.8) is 0 Å². The molecule has 14 heavy (non-hydrogen) atoms. The summed E-state index contributed by atoms with van der Waals surface area (Å²) in [6.07, 6.45) is 10.2. The Morgan fingerprint density at radius 1 is 1.64 bits per heavy atom. The van der Waals surface area contributed by atoms with Crippen molar-refractivity contribution in [1.82, 2.24) is 10.3 Å². The van der Waals surface area contributed by atoms with Crippen LogP contribution in [0.1, 0.15) is 37.1 Å². The number of rotatable bonds is 6. The van der Waals surface area contributed by atoms with Gasteiger partial charge in [-0.05, 0) is 26.3 Å². The van der Waals surface area contributed by atoms with Gasteiger partial charge >= 0.3 is 0 Å². The lowest BCUT2D eigenvalue weighted by Crippen LogP contribution is -2.18. The van der Waals surface area contributed by atoms with E-state index in [1.165, 1.54) is 4.88 Å². The van der Waals surface area contributed by atoms with E-state index in [1.54, 1.807) is 11.3 Å². The summed E-state index contributed by atoms with van der Waals surface area (Å²) in [5.74, 6) is 2.65. The van der Waals surface area contributed by atoms with Crippen LogP contribution in [0.25, 0.3) is 0 Å². The van der Waals surface area contributed by atoms with Gasteiger partial charge in [-0.1, -0.05) is 0 Å². The molecule has 1 atom stereocenters. The minimum Gasteiger partial charge on any atom is -0.309 e. The van der Waals surface area contributed by atoms with Crippen molar-refractivity contribution in [2.45, 2.75) is 32.2 Å². The van der Waals surface area contributed by atoms with E-state index in [-0.39, 0.29) is 0 Å². The van der Waals surface area contributed by atoms with Gasteiger partial charge in [0.2, 0.25) is 0 Å². The van der Waals surface area contributed by atoms with E-state index in [0.717, 1.165) is 25.8 Å². The third kappa shape index (κ3) is 3.91. The van der Waals surface area contributed by atoms with Gasteiger partial charge in [0.1, 0.15) is 0 Å². The van der Waals surface area contributed by atoms with Crippen molar-refractivity contribution < 1.29 is 0 Å². The average molecular weight is 208 g/mol. The van der Waals surface area contributed by atoms with Gasteiger partial charge < -0.3 is 5.32 Å². The molecule has 76 valence electrons. The Bertz CT molecular complexity index is 274. The highest BCUT2D eigenvalue weighted by atomic mass is 32.1. The topological polar surface area (TPSA) is 24.9 Å². The molecule has 0 saturated carbocycles. The van der Waals surface area contributed by atoms with E-state index in [2.05, 4.69) is 23.1 Å². The first-order valence-corrected chi connectivity index (χ1v) is 5.78. The molecule has 0 spiro atoms. The molecule has 0 aromatic carbocycles. The molecule has 1 N–H and O–H groups in total. The zero-order valence-corrected chi connectivity index (χ0v) is 9.31. The lowest BCUT2D eigenvalue weighted by atomic mass is 10.2. The molecule has 2 nitrogen and oxygen atoms in total. The van der Waals surface area contributed by atoms with Gasteiger partial charge in [-0.15, -0.1) is 23.7 Å². The SMILES string of the molecule is C#CCCCCNC(C)c1cncs1. The number of thiazole rings is 1. The average Bonchev–Trinajstić information content (AvgIpc) is 2.70. The molecule has 0 bridgehead atoms. The van der Waals surface area contributed by atoms with Gasteiger partial charge in [-0.3, -0.25) is 4.98 Å². The number of aromatic nitrogens is 1. The molecule has 0 aliphatic rings. The molecule has 1 unspecified atom stereocenters. The van der Waals surface area contributed by atoms with E-state index >= 15 is 0 Å². The van der Waals surface area contributed by atoms with Crippen molar-refractivity contribution in [3.05, 3.63) is 16.6 Å². The monoisotopic (exact) mass is 208 g/mol. The molecular formula is C11H16N2S. The highest BCUT2D eigenvalue weighted by Crippen LogP contribution is 2.15. The number of hydrogen-bond acceptors (Lipinski definition) is 3. The quantitative estimate of drug-likeness (QED) is 0.574. The number of hydrogen-bond donors (Lipinski definition) is 1. The molecule has 3 heteroatoms. The van der Waals surface area contributed by atoms with Crippen LogP contribution in [-0.2, 0) is 0 Å². The fourth-order valence-electron chi connectivity index (χ4n) is 1.21. The standard InChI is InChI=1S/C11H16N2S/c1-3-4-5-6-7-13-10(2)11-8-12-9-14-11/h1,8-10,13H,4-7H2,2H3. The minimum atomic E-state index is 0.410. The van der Waals surface area contributed by atoms with Crippen molar-refractivity contribution in [2.75, 3.05) is 6.54 Å². The minimum absolute atomic E-state index is 0.410. The maximum atomic E-state index is 5.17. The van der Waals surface area contributed by atoms with Gasteiger partial charge in [-0.25, -0.2) is 0 Å². The van der Waals surface area contributed by atoms with Crippen molar-refractivity contribution in [3.8, 4) is 12.3 Å². The number of terminal acetylenes is 1. The Kier molecular flexibility index (Phi) is 5.28. The lowest BCUT2D eigenvalue weighted by Gasteiger charge is -2.10. The van der Waals surface area contributed by atoms with E-state index < -0.39 is 0 Å². The van der Waals surface area contributed by atoms with Gasteiger partial charge in [0, 0.05) is 23.5 Å².